The Hall–Kier alpha value is -2.95. The fourth-order valence-corrected chi connectivity index (χ4v) is 2.98. The molecule has 0 amide bonds. The number of nitrogens with one attached hydrogen (secondary N) is 1. The molecule has 3 aromatic rings. The number of fused-ring (bicyclic) bond motifs is 1. The Morgan fingerprint density at radius 2 is 1.85 bits per heavy atom. The molecular formula is C22H22FNO3. The van der Waals surface area contributed by atoms with Crippen molar-refractivity contribution in [3.8, 4) is 0 Å². The van der Waals surface area contributed by atoms with Gasteiger partial charge in [-0.3, -0.25) is 9.59 Å². The Morgan fingerprint density at radius 1 is 1.07 bits per heavy atom. The summed E-state index contributed by atoms with van der Waals surface area (Å²) in [5.41, 5.74) is 3.58. The predicted octanol–water partition coefficient (Wildman–Crippen LogP) is 4.75. The first-order chi connectivity index (χ1) is 13.0. The molecule has 0 bridgehead atoms. The molecule has 3 rings (SSSR count). The number of ether oxygens (including phenoxy) is 1. The van der Waals surface area contributed by atoms with Crippen molar-refractivity contribution in [2.75, 3.05) is 6.61 Å². The number of halogens is 1. The highest BCUT2D eigenvalue weighted by molar-refractivity contribution is 5.97. The number of H-pyrrole nitrogens is 1. The summed E-state index contributed by atoms with van der Waals surface area (Å²) >= 11 is 0. The summed E-state index contributed by atoms with van der Waals surface area (Å²) in [6.07, 6.45) is 3.39. The molecule has 0 radical (unpaired) electrons. The van der Waals surface area contributed by atoms with Crippen LogP contribution in [0.4, 0.5) is 4.39 Å². The van der Waals surface area contributed by atoms with E-state index in [0.29, 0.717) is 18.4 Å². The number of carbonyl (C=O) groups excluding carboxylic acids is 2. The van der Waals surface area contributed by atoms with Crippen LogP contribution in [0.2, 0.25) is 0 Å². The molecule has 0 spiro atoms. The molecular weight excluding hydrogens is 345 g/mol. The monoisotopic (exact) mass is 367 g/mol. The molecule has 1 aromatic heterocycles. The van der Waals surface area contributed by atoms with E-state index in [0.717, 1.165) is 22.0 Å². The Kier molecular flexibility index (Phi) is 6.01. The third kappa shape index (κ3) is 5.03. The van der Waals surface area contributed by atoms with E-state index in [1.807, 2.05) is 25.3 Å². The van der Waals surface area contributed by atoms with Gasteiger partial charge in [-0.2, -0.15) is 0 Å². The van der Waals surface area contributed by atoms with Gasteiger partial charge >= 0.3 is 5.97 Å². The summed E-state index contributed by atoms with van der Waals surface area (Å²) in [5.74, 6) is -0.707. The van der Waals surface area contributed by atoms with E-state index in [4.69, 9.17) is 4.74 Å². The maximum atomic E-state index is 13.4. The van der Waals surface area contributed by atoms with Crippen LogP contribution in [0.3, 0.4) is 0 Å². The summed E-state index contributed by atoms with van der Waals surface area (Å²) in [5, 5.41) is 0.852. The van der Waals surface area contributed by atoms with Crippen LogP contribution < -0.4 is 0 Å². The fourth-order valence-electron chi connectivity index (χ4n) is 2.98. The number of esters is 1. The topological polar surface area (TPSA) is 59.2 Å². The molecule has 27 heavy (non-hydrogen) atoms. The number of benzene rings is 2. The van der Waals surface area contributed by atoms with Gasteiger partial charge in [-0.25, -0.2) is 4.39 Å². The maximum Gasteiger partial charge on any atom is 0.306 e. The van der Waals surface area contributed by atoms with Crippen LogP contribution in [-0.4, -0.2) is 23.3 Å². The van der Waals surface area contributed by atoms with Crippen LogP contribution >= 0.6 is 0 Å². The minimum atomic E-state index is -0.375. The molecule has 0 fully saturated rings. The second kappa shape index (κ2) is 8.62. The van der Waals surface area contributed by atoms with Crippen molar-refractivity contribution in [2.45, 2.75) is 32.6 Å². The van der Waals surface area contributed by atoms with E-state index < -0.39 is 0 Å². The average molecular weight is 367 g/mol. The van der Waals surface area contributed by atoms with Gasteiger partial charge in [0.15, 0.2) is 5.78 Å². The quantitative estimate of drug-likeness (QED) is 0.355. The number of carbonyl (C=O) groups is 2. The van der Waals surface area contributed by atoms with Crippen molar-refractivity contribution in [3.63, 3.8) is 0 Å². The van der Waals surface area contributed by atoms with Crippen molar-refractivity contribution in [3.05, 3.63) is 71.2 Å². The van der Waals surface area contributed by atoms with Crippen LogP contribution in [0.1, 0.15) is 40.7 Å². The first-order valence-corrected chi connectivity index (χ1v) is 9.04. The third-order valence-electron chi connectivity index (χ3n) is 4.51. The molecule has 0 aliphatic heterocycles. The van der Waals surface area contributed by atoms with E-state index in [9.17, 15) is 14.0 Å². The van der Waals surface area contributed by atoms with E-state index in [1.54, 1.807) is 18.2 Å². The number of Topliss-reactive ketones (excluding diaryl/α,β-unsaturated/α-hetero) is 1. The fraction of sp³-hybridized carbons (Fsp3) is 0.273. The highest BCUT2D eigenvalue weighted by atomic mass is 19.1. The van der Waals surface area contributed by atoms with Crippen molar-refractivity contribution >= 4 is 22.7 Å². The van der Waals surface area contributed by atoms with Crippen LogP contribution in [0, 0.1) is 12.7 Å². The summed E-state index contributed by atoms with van der Waals surface area (Å²) < 4.78 is 18.6. The number of aromatic nitrogens is 1. The highest BCUT2D eigenvalue weighted by Crippen LogP contribution is 2.20. The maximum absolute atomic E-state index is 13.4. The zero-order valence-electron chi connectivity index (χ0n) is 15.3. The molecule has 0 aliphatic rings. The lowest BCUT2D eigenvalue weighted by molar-refractivity contribution is -0.143. The summed E-state index contributed by atoms with van der Waals surface area (Å²) in [6.45, 7) is 2.23. The van der Waals surface area contributed by atoms with Gasteiger partial charge in [-0.05, 0) is 43.5 Å². The van der Waals surface area contributed by atoms with E-state index in [2.05, 4.69) is 4.98 Å². The second-order valence-electron chi connectivity index (χ2n) is 6.62. The molecule has 0 unspecified atom stereocenters. The molecule has 0 aliphatic carbocycles. The lowest BCUT2D eigenvalue weighted by Crippen LogP contribution is -2.09. The summed E-state index contributed by atoms with van der Waals surface area (Å²) in [4.78, 5) is 27.0. The predicted molar refractivity (Wildman–Crippen MR) is 102 cm³/mol. The van der Waals surface area contributed by atoms with Crippen LogP contribution in [0.25, 0.3) is 10.9 Å². The second-order valence-corrected chi connectivity index (χ2v) is 6.62. The van der Waals surface area contributed by atoms with E-state index in [-0.39, 0.29) is 37.0 Å². The molecule has 5 heteroatoms. The highest BCUT2D eigenvalue weighted by Gasteiger charge is 2.10. The largest absolute Gasteiger partial charge is 0.466 e. The number of rotatable bonds is 8. The molecule has 0 saturated heterocycles. The molecule has 140 valence electrons. The zero-order valence-corrected chi connectivity index (χ0v) is 15.3. The minimum Gasteiger partial charge on any atom is -0.466 e. The van der Waals surface area contributed by atoms with Gasteiger partial charge < -0.3 is 9.72 Å². The van der Waals surface area contributed by atoms with Gasteiger partial charge in [0.2, 0.25) is 0 Å². The number of ketones is 1. The SMILES string of the molecule is Cc1ccc(C(=O)CCC(=O)OCCCc2c[nH]c3ccc(F)cc23)cc1. The van der Waals surface area contributed by atoms with Gasteiger partial charge in [0.05, 0.1) is 13.0 Å². The molecule has 2 aromatic carbocycles. The molecule has 1 heterocycles. The Balaban J connectivity index is 1.40. The Bertz CT molecular complexity index is 944. The number of hydrogen-bond donors (Lipinski definition) is 1. The van der Waals surface area contributed by atoms with Gasteiger partial charge in [0.1, 0.15) is 5.82 Å². The lowest BCUT2D eigenvalue weighted by atomic mass is 10.1. The smallest absolute Gasteiger partial charge is 0.306 e. The van der Waals surface area contributed by atoms with Crippen molar-refractivity contribution in [1.29, 1.82) is 0 Å². The average Bonchev–Trinajstić information content (AvgIpc) is 3.06. The first kappa shape index (κ1) is 18.8. The van der Waals surface area contributed by atoms with E-state index in [1.165, 1.54) is 12.1 Å². The number of aryl methyl sites for hydroxylation is 2. The standard InChI is InChI=1S/C22H22FNO3/c1-15-4-6-16(7-5-15)21(25)10-11-22(26)27-12-2-3-17-14-24-20-9-8-18(23)13-19(17)20/h4-9,13-14,24H,2-3,10-12H2,1H3. The summed E-state index contributed by atoms with van der Waals surface area (Å²) in [7, 11) is 0. The number of hydrogen-bond acceptors (Lipinski definition) is 3. The molecule has 0 saturated carbocycles. The Labute approximate surface area is 157 Å². The van der Waals surface area contributed by atoms with Crippen LogP contribution in [-0.2, 0) is 16.0 Å². The van der Waals surface area contributed by atoms with Crippen molar-refractivity contribution in [2.24, 2.45) is 0 Å². The number of aromatic amines is 1. The summed E-state index contributed by atoms with van der Waals surface area (Å²) in [6, 6.07) is 11.9. The third-order valence-corrected chi connectivity index (χ3v) is 4.51. The van der Waals surface area contributed by atoms with Gasteiger partial charge in [0.25, 0.3) is 0 Å². The van der Waals surface area contributed by atoms with Crippen LogP contribution in [0.5, 0.6) is 0 Å². The first-order valence-electron chi connectivity index (χ1n) is 9.04. The van der Waals surface area contributed by atoms with Crippen LogP contribution in [0.15, 0.2) is 48.7 Å². The Morgan fingerprint density at radius 3 is 2.63 bits per heavy atom. The zero-order chi connectivity index (χ0) is 19.2. The van der Waals surface area contributed by atoms with Gasteiger partial charge in [0, 0.05) is 29.1 Å². The normalized spacial score (nSPS) is 10.9. The van der Waals surface area contributed by atoms with Crippen molar-refractivity contribution < 1.29 is 18.7 Å². The molecule has 4 nitrogen and oxygen atoms in total. The molecule has 0 atom stereocenters. The minimum absolute atomic E-state index is 0.0623. The van der Waals surface area contributed by atoms with Gasteiger partial charge in [-0.1, -0.05) is 29.8 Å². The molecule has 1 N–H and O–H groups in total. The van der Waals surface area contributed by atoms with Crippen molar-refractivity contribution in [1.82, 2.24) is 4.98 Å². The van der Waals surface area contributed by atoms with Gasteiger partial charge in [-0.15, -0.1) is 0 Å². The lowest BCUT2D eigenvalue weighted by Gasteiger charge is -2.05. The van der Waals surface area contributed by atoms with E-state index >= 15 is 0 Å².